The lowest BCUT2D eigenvalue weighted by Crippen LogP contribution is -2.09. The van der Waals surface area contributed by atoms with Gasteiger partial charge in [-0.05, 0) is 11.6 Å². The number of fused-ring (bicyclic) bond motifs is 1. The second-order valence-corrected chi connectivity index (χ2v) is 4.80. The van der Waals surface area contributed by atoms with Crippen LogP contribution in [0.5, 0.6) is 0 Å². The van der Waals surface area contributed by atoms with Crippen LogP contribution in [0.2, 0.25) is 0 Å². The molecule has 0 aliphatic carbocycles. The van der Waals surface area contributed by atoms with Crippen molar-refractivity contribution in [2.45, 2.75) is 6.42 Å². The van der Waals surface area contributed by atoms with Crippen LogP contribution in [0.15, 0.2) is 30.5 Å². The Morgan fingerprint density at radius 2 is 1.94 bits per heavy atom. The molecule has 0 amide bonds. The Kier molecular flexibility index (Phi) is 2.64. The van der Waals surface area contributed by atoms with Gasteiger partial charge in [-0.2, -0.15) is 8.42 Å². The third kappa shape index (κ3) is 2.15. The topological polar surface area (TPSA) is 96.6 Å². The molecule has 0 unspecified atom stereocenters. The minimum absolute atomic E-state index is 0.256. The van der Waals surface area contributed by atoms with Crippen molar-refractivity contribution < 1.29 is 22.9 Å². The first kappa shape index (κ1) is 11.6. The Morgan fingerprint density at radius 1 is 1.29 bits per heavy atom. The van der Waals surface area contributed by atoms with Crippen LogP contribution in [0, 0.1) is 0 Å². The van der Waals surface area contributed by atoms with Crippen LogP contribution in [-0.2, 0) is 21.5 Å². The van der Waals surface area contributed by atoms with Gasteiger partial charge in [0.15, 0.2) is 0 Å². The Hall–Kier alpha value is -1.86. The summed E-state index contributed by atoms with van der Waals surface area (Å²) in [5, 5.41) is 9.21. The van der Waals surface area contributed by atoms with Crippen LogP contribution < -0.4 is 0 Å². The van der Waals surface area contributed by atoms with Crippen molar-refractivity contribution in [2.75, 3.05) is 0 Å². The molecule has 1 aromatic heterocycles. The normalized spacial score (nSPS) is 11.8. The summed E-state index contributed by atoms with van der Waals surface area (Å²) in [6, 6.07) is 6.38. The summed E-state index contributed by atoms with van der Waals surface area (Å²) in [6.45, 7) is 0. The van der Waals surface area contributed by atoms with E-state index in [2.05, 4.69) is 0 Å². The van der Waals surface area contributed by atoms with Crippen LogP contribution in [0.25, 0.3) is 10.9 Å². The van der Waals surface area contributed by atoms with Crippen LogP contribution in [0.3, 0.4) is 0 Å². The van der Waals surface area contributed by atoms with Gasteiger partial charge in [-0.25, -0.2) is 3.97 Å². The largest absolute Gasteiger partial charge is 0.481 e. The molecule has 2 rings (SSSR count). The molecule has 2 N–H and O–H groups in total. The van der Waals surface area contributed by atoms with Gasteiger partial charge in [0.2, 0.25) is 0 Å². The van der Waals surface area contributed by atoms with E-state index in [1.54, 1.807) is 18.2 Å². The smallest absolute Gasteiger partial charge is 0.363 e. The van der Waals surface area contributed by atoms with Gasteiger partial charge in [0.05, 0.1) is 11.9 Å². The first-order chi connectivity index (χ1) is 7.89. The van der Waals surface area contributed by atoms with E-state index in [0.717, 1.165) is 6.20 Å². The number of hydrogen-bond donors (Lipinski definition) is 2. The molecule has 0 aliphatic rings. The van der Waals surface area contributed by atoms with Crippen LogP contribution in [0.4, 0.5) is 0 Å². The number of para-hydroxylation sites is 1. The fraction of sp³-hybridized carbons (Fsp3) is 0.100. The lowest BCUT2D eigenvalue weighted by Gasteiger charge is -1.98. The van der Waals surface area contributed by atoms with E-state index in [4.69, 9.17) is 9.66 Å². The highest BCUT2D eigenvalue weighted by Gasteiger charge is 2.16. The van der Waals surface area contributed by atoms with E-state index in [-0.39, 0.29) is 11.9 Å². The zero-order valence-corrected chi connectivity index (χ0v) is 9.38. The predicted molar refractivity (Wildman–Crippen MR) is 60.2 cm³/mol. The number of carboxylic acids is 1. The Labute approximate surface area is 97.0 Å². The number of rotatable bonds is 3. The zero-order chi connectivity index (χ0) is 12.6. The maximum Gasteiger partial charge on any atom is 0.363 e. The number of nitrogens with zero attached hydrogens (tertiary/aromatic N) is 1. The summed E-state index contributed by atoms with van der Waals surface area (Å²) >= 11 is 0. The van der Waals surface area contributed by atoms with Gasteiger partial charge >= 0.3 is 16.3 Å². The summed E-state index contributed by atoms with van der Waals surface area (Å²) in [5.74, 6) is -1.07. The third-order valence-corrected chi connectivity index (χ3v) is 3.15. The summed E-state index contributed by atoms with van der Waals surface area (Å²) in [4.78, 5) is 10.7. The number of hydrogen-bond acceptors (Lipinski definition) is 3. The molecule has 0 radical (unpaired) electrons. The maximum atomic E-state index is 11.1. The van der Waals surface area contributed by atoms with Gasteiger partial charge in [-0.1, -0.05) is 18.2 Å². The number of aliphatic carboxylic acids is 1. The van der Waals surface area contributed by atoms with E-state index in [9.17, 15) is 13.2 Å². The second kappa shape index (κ2) is 3.86. The summed E-state index contributed by atoms with van der Waals surface area (Å²) < 4.78 is 31.9. The van der Waals surface area contributed by atoms with Gasteiger partial charge < -0.3 is 5.11 Å². The molecule has 0 saturated carbocycles. The maximum absolute atomic E-state index is 11.1. The van der Waals surface area contributed by atoms with Crippen LogP contribution >= 0.6 is 0 Å². The van der Waals surface area contributed by atoms with Crippen molar-refractivity contribution in [1.82, 2.24) is 3.97 Å². The molecule has 0 spiro atoms. The van der Waals surface area contributed by atoms with E-state index < -0.39 is 16.3 Å². The van der Waals surface area contributed by atoms with Crippen molar-refractivity contribution in [3.63, 3.8) is 0 Å². The molecule has 17 heavy (non-hydrogen) atoms. The number of aromatic nitrogens is 1. The van der Waals surface area contributed by atoms with E-state index >= 15 is 0 Å². The lowest BCUT2D eigenvalue weighted by atomic mass is 10.1. The molecule has 1 heterocycles. The second-order valence-electron chi connectivity index (χ2n) is 3.52. The summed E-state index contributed by atoms with van der Waals surface area (Å²) in [5.41, 5.74) is 0.594. The number of carbonyl (C=O) groups is 1. The van der Waals surface area contributed by atoms with Crippen molar-refractivity contribution in [3.8, 4) is 0 Å². The van der Waals surface area contributed by atoms with Gasteiger partial charge in [-0.3, -0.25) is 9.35 Å². The minimum Gasteiger partial charge on any atom is -0.481 e. The fourth-order valence-electron chi connectivity index (χ4n) is 1.71. The first-order valence-corrected chi connectivity index (χ1v) is 6.08. The van der Waals surface area contributed by atoms with E-state index in [1.807, 2.05) is 0 Å². The third-order valence-electron chi connectivity index (χ3n) is 2.35. The molecular formula is C10H9NO5S. The molecule has 0 bridgehead atoms. The van der Waals surface area contributed by atoms with Crippen molar-refractivity contribution in [3.05, 3.63) is 36.0 Å². The monoisotopic (exact) mass is 255 g/mol. The first-order valence-electron chi connectivity index (χ1n) is 4.68. The Balaban J connectivity index is 2.75. The molecule has 1 aromatic carbocycles. The molecular weight excluding hydrogens is 246 g/mol. The number of benzene rings is 1. The zero-order valence-electron chi connectivity index (χ0n) is 8.57. The summed E-state index contributed by atoms with van der Waals surface area (Å²) in [7, 11) is -4.42. The van der Waals surface area contributed by atoms with Gasteiger partial charge in [-0.15, -0.1) is 0 Å². The fourth-order valence-corrected chi connectivity index (χ4v) is 2.38. The Bertz CT molecular complexity index is 686. The average Bonchev–Trinajstić information content (AvgIpc) is 2.56. The highest BCUT2D eigenvalue weighted by molar-refractivity contribution is 7.84. The summed E-state index contributed by atoms with van der Waals surface area (Å²) in [6.07, 6.45) is 0.817. The van der Waals surface area contributed by atoms with E-state index in [0.29, 0.717) is 14.9 Å². The quantitative estimate of drug-likeness (QED) is 0.795. The lowest BCUT2D eigenvalue weighted by molar-refractivity contribution is -0.136. The molecule has 0 saturated heterocycles. The van der Waals surface area contributed by atoms with Crippen LogP contribution in [0.1, 0.15) is 5.56 Å². The number of carboxylic acid groups (broad SMARTS) is 1. The van der Waals surface area contributed by atoms with Crippen molar-refractivity contribution in [1.29, 1.82) is 0 Å². The van der Waals surface area contributed by atoms with E-state index in [1.165, 1.54) is 6.07 Å². The van der Waals surface area contributed by atoms with Crippen LogP contribution in [-0.4, -0.2) is 28.0 Å². The molecule has 0 aliphatic heterocycles. The minimum atomic E-state index is -4.42. The molecule has 90 valence electrons. The Morgan fingerprint density at radius 3 is 2.53 bits per heavy atom. The average molecular weight is 255 g/mol. The van der Waals surface area contributed by atoms with Crippen molar-refractivity contribution >= 4 is 27.2 Å². The molecule has 0 atom stereocenters. The standard InChI is InChI=1S/C10H9NO5S/c12-10(13)5-7-6-11(17(14,15)16)9-4-2-1-3-8(7)9/h1-4,6H,5H2,(H,12,13)(H,14,15,16). The predicted octanol–water partition coefficient (Wildman–Crippen LogP) is 0.919. The van der Waals surface area contributed by atoms with Gasteiger partial charge in [0.25, 0.3) is 0 Å². The highest BCUT2D eigenvalue weighted by Crippen LogP contribution is 2.22. The van der Waals surface area contributed by atoms with Gasteiger partial charge in [0, 0.05) is 11.6 Å². The molecule has 7 heteroatoms. The SMILES string of the molecule is O=C(O)Cc1cn(S(=O)(=O)O)c2ccccc12. The van der Waals surface area contributed by atoms with Gasteiger partial charge in [0.1, 0.15) is 0 Å². The highest BCUT2D eigenvalue weighted by atomic mass is 32.2. The molecule has 0 fully saturated rings. The molecule has 2 aromatic rings. The molecule has 6 nitrogen and oxygen atoms in total. The van der Waals surface area contributed by atoms with Crippen molar-refractivity contribution in [2.24, 2.45) is 0 Å².